The Labute approximate surface area is 158 Å². The maximum Gasteiger partial charge on any atom is 0.220 e. The minimum absolute atomic E-state index is 0.153. The van der Waals surface area contributed by atoms with Gasteiger partial charge in [-0.1, -0.05) is 12.1 Å². The molecule has 4 nitrogen and oxygen atoms in total. The fraction of sp³-hybridized carbons (Fsp3) is 0.474. The lowest BCUT2D eigenvalue weighted by atomic mass is 9.98. The summed E-state index contributed by atoms with van der Waals surface area (Å²) in [6, 6.07) is 8.47. The van der Waals surface area contributed by atoms with Gasteiger partial charge in [-0.25, -0.2) is 4.98 Å². The van der Waals surface area contributed by atoms with Gasteiger partial charge in [0, 0.05) is 42.5 Å². The number of rotatable bonds is 7. The number of anilines is 1. The highest BCUT2D eigenvalue weighted by atomic mass is 32.2. The Morgan fingerprint density at radius 3 is 2.96 bits per heavy atom. The summed E-state index contributed by atoms with van der Waals surface area (Å²) >= 11 is 3.43. The fourth-order valence-corrected chi connectivity index (χ4v) is 4.26. The second-order valence-electron chi connectivity index (χ2n) is 6.42. The van der Waals surface area contributed by atoms with Crippen LogP contribution in [0.1, 0.15) is 24.8 Å². The Morgan fingerprint density at radius 2 is 2.24 bits per heavy atom. The van der Waals surface area contributed by atoms with E-state index in [1.807, 2.05) is 11.6 Å². The first-order chi connectivity index (χ1) is 12.2. The molecule has 1 aromatic carbocycles. The number of amides is 1. The van der Waals surface area contributed by atoms with Gasteiger partial charge in [0.25, 0.3) is 0 Å². The number of thiazole rings is 1. The lowest BCUT2D eigenvalue weighted by Gasteiger charge is -2.32. The molecule has 2 aromatic rings. The Kier molecular flexibility index (Phi) is 6.76. The van der Waals surface area contributed by atoms with E-state index in [-0.39, 0.29) is 5.91 Å². The molecule has 6 heteroatoms. The second-order valence-corrected chi connectivity index (χ2v) is 8.17. The molecule has 1 amide bonds. The van der Waals surface area contributed by atoms with Crippen LogP contribution in [0.15, 0.2) is 40.7 Å². The number of hydrogen-bond acceptors (Lipinski definition) is 5. The SMILES string of the molecule is CSc1ccc(CCC(=O)NCC2CCCN(c3nccs3)C2)cc1. The van der Waals surface area contributed by atoms with Crippen LogP contribution in [0, 0.1) is 5.92 Å². The van der Waals surface area contributed by atoms with Crippen molar-refractivity contribution in [2.75, 3.05) is 30.8 Å². The van der Waals surface area contributed by atoms with E-state index < -0.39 is 0 Å². The molecule has 25 heavy (non-hydrogen) atoms. The fourth-order valence-electron chi connectivity index (χ4n) is 3.17. The lowest BCUT2D eigenvalue weighted by Crippen LogP contribution is -2.41. The number of carbonyl (C=O) groups is 1. The number of thioether (sulfide) groups is 1. The third kappa shape index (κ3) is 5.47. The van der Waals surface area contributed by atoms with Crippen molar-refractivity contribution in [1.82, 2.24) is 10.3 Å². The zero-order chi connectivity index (χ0) is 17.5. The number of aromatic nitrogens is 1. The van der Waals surface area contributed by atoms with Crippen LogP contribution in [-0.4, -0.2) is 36.8 Å². The van der Waals surface area contributed by atoms with Crippen LogP contribution in [0.2, 0.25) is 0 Å². The molecule has 0 aliphatic carbocycles. The molecule has 3 rings (SSSR count). The van der Waals surface area contributed by atoms with Gasteiger partial charge in [0.2, 0.25) is 5.91 Å². The van der Waals surface area contributed by atoms with Gasteiger partial charge < -0.3 is 10.2 Å². The molecule has 1 atom stereocenters. The van der Waals surface area contributed by atoms with Crippen molar-refractivity contribution < 1.29 is 4.79 Å². The van der Waals surface area contributed by atoms with Crippen molar-refractivity contribution in [3.05, 3.63) is 41.4 Å². The van der Waals surface area contributed by atoms with Crippen molar-refractivity contribution in [2.24, 2.45) is 5.92 Å². The van der Waals surface area contributed by atoms with Crippen LogP contribution in [0.3, 0.4) is 0 Å². The monoisotopic (exact) mass is 375 g/mol. The molecule has 134 valence electrons. The lowest BCUT2D eigenvalue weighted by molar-refractivity contribution is -0.121. The molecule has 0 bridgehead atoms. The van der Waals surface area contributed by atoms with E-state index in [4.69, 9.17) is 0 Å². The van der Waals surface area contributed by atoms with E-state index in [0.717, 1.165) is 31.2 Å². The van der Waals surface area contributed by atoms with Crippen LogP contribution in [0.25, 0.3) is 0 Å². The molecule has 1 N–H and O–H groups in total. The van der Waals surface area contributed by atoms with Crippen LogP contribution in [-0.2, 0) is 11.2 Å². The second kappa shape index (κ2) is 9.25. The Bertz CT molecular complexity index is 658. The number of piperidine rings is 1. The summed E-state index contributed by atoms with van der Waals surface area (Å²) in [4.78, 5) is 20.2. The molecule has 0 spiro atoms. The minimum atomic E-state index is 0.153. The van der Waals surface area contributed by atoms with E-state index in [1.54, 1.807) is 23.1 Å². The summed E-state index contributed by atoms with van der Waals surface area (Å²) in [6.07, 6.45) is 7.64. The van der Waals surface area contributed by atoms with Gasteiger partial charge in [0.1, 0.15) is 0 Å². The van der Waals surface area contributed by atoms with Crippen molar-refractivity contribution in [3.63, 3.8) is 0 Å². The van der Waals surface area contributed by atoms with Crippen LogP contribution >= 0.6 is 23.1 Å². The van der Waals surface area contributed by atoms with Crippen molar-refractivity contribution in [2.45, 2.75) is 30.6 Å². The van der Waals surface area contributed by atoms with E-state index in [1.165, 1.54) is 23.3 Å². The molecule has 1 aromatic heterocycles. The predicted octanol–water partition coefficient (Wildman–Crippen LogP) is 3.83. The number of nitrogens with one attached hydrogen (secondary N) is 1. The van der Waals surface area contributed by atoms with Crippen molar-refractivity contribution >= 4 is 34.1 Å². The number of aryl methyl sites for hydroxylation is 1. The zero-order valence-electron chi connectivity index (χ0n) is 14.6. The molecule has 1 aliphatic heterocycles. The maximum absolute atomic E-state index is 12.2. The van der Waals surface area contributed by atoms with Gasteiger partial charge in [-0.15, -0.1) is 23.1 Å². The minimum Gasteiger partial charge on any atom is -0.356 e. The van der Waals surface area contributed by atoms with Gasteiger partial charge in [-0.05, 0) is 49.1 Å². The molecular weight excluding hydrogens is 350 g/mol. The number of benzene rings is 1. The smallest absolute Gasteiger partial charge is 0.220 e. The summed E-state index contributed by atoms with van der Waals surface area (Å²) in [5.74, 6) is 0.669. The van der Waals surface area contributed by atoms with E-state index in [0.29, 0.717) is 12.3 Å². The van der Waals surface area contributed by atoms with Crippen LogP contribution < -0.4 is 10.2 Å². The normalized spacial score (nSPS) is 17.5. The Hall–Kier alpha value is -1.53. The molecule has 0 radical (unpaired) electrons. The predicted molar refractivity (Wildman–Crippen MR) is 107 cm³/mol. The van der Waals surface area contributed by atoms with Gasteiger partial charge >= 0.3 is 0 Å². The first-order valence-corrected chi connectivity index (χ1v) is 10.9. The third-order valence-electron chi connectivity index (χ3n) is 4.60. The number of carbonyl (C=O) groups excluding carboxylic acids is 1. The van der Waals surface area contributed by atoms with Crippen LogP contribution in [0.5, 0.6) is 0 Å². The first-order valence-electron chi connectivity index (χ1n) is 8.78. The molecule has 2 heterocycles. The Morgan fingerprint density at radius 1 is 1.40 bits per heavy atom. The highest BCUT2D eigenvalue weighted by Crippen LogP contribution is 2.24. The van der Waals surface area contributed by atoms with Gasteiger partial charge in [-0.3, -0.25) is 4.79 Å². The quantitative estimate of drug-likeness (QED) is 0.747. The number of hydrogen-bond donors (Lipinski definition) is 1. The largest absolute Gasteiger partial charge is 0.356 e. The van der Waals surface area contributed by atoms with Crippen molar-refractivity contribution in [3.8, 4) is 0 Å². The summed E-state index contributed by atoms with van der Waals surface area (Å²) < 4.78 is 0. The topological polar surface area (TPSA) is 45.2 Å². The van der Waals surface area contributed by atoms with Crippen LogP contribution in [0.4, 0.5) is 5.13 Å². The third-order valence-corrected chi connectivity index (χ3v) is 6.17. The summed E-state index contributed by atoms with van der Waals surface area (Å²) in [6.45, 7) is 2.83. The van der Waals surface area contributed by atoms with Gasteiger partial charge in [-0.2, -0.15) is 0 Å². The molecule has 0 saturated carbocycles. The highest BCUT2D eigenvalue weighted by molar-refractivity contribution is 7.98. The Balaban J connectivity index is 1.39. The summed E-state index contributed by atoms with van der Waals surface area (Å²) in [5.41, 5.74) is 1.22. The van der Waals surface area contributed by atoms with Gasteiger partial charge in [0.05, 0.1) is 0 Å². The average Bonchev–Trinajstić information content (AvgIpc) is 3.20. The average molecular weight is 376 g/mol. The molecule has 1 saturated heterocycles. The van der Waals surface area contributed by atoms with Gasteiger partial charge in [0.15, 0.2) is 5.13 Å². The van der Waals surface area contributed by atoms with E-state index >= 15 is 0 Å². The standard InChI is InChI=1S/C19H25N3OS2/c1-24-17-7-4-15(5-8-17)6-9-18(23)21-13-16-3-2-11-22(14-16)19-20-10-12-25-19/h4-5,7-8,10,12,16H,2-3,6,9,11,13-14H2,1H3,(H,21,23). The maximum atomic E-state index is 12.2. The first kappa shape index (κ1) is 18.3. The highest BCUT2D eigenvalue weighted by Gasteiger charge is 2.21. The molecule has 1 fully saturated rings. The zero-order valence-corrected chi connectivity index (χ0v) is 16.2. The number of nitrogens with zero attached hydrogens (tertiary/aromatic N) is 2. The summed E-state index contributed by atoms with van der Waals surface area (Å²) in [5, 5.41) is 6.25. The molecular formula is C19H25N3OS2. The molecule has 1 unspecified atom stereocenters. The van der Waals surface area contributed by atoms with E-state index in [9.17, 15) is 4.79 Å². The van der Waals surface area contributed by atoms with Crippen molar-refractivity contribution in [1.29, 1.82) is 0 Å². The summed E-state index contributed by atoms with van der Waals surface area (Å²) in [7, 11) is 0. The molecule has 1 aliphatic rings. The van der Waals surface area contributed by atoms with E-state index in [2.05, 4.69) is 45.7 Å².